The highest BCUT2D eigenvalue weighted by Gasteiger charge is 2.31. The topological polar surface area (TPSA) is 117 Å². The van der Waals surface area contributed by atoms with Crippen molar-refractivity contribution in [2.24, 2.45) is 0 Å². The van der Waals surface area contributed by atoms with Gasteiger partial charge < -0.3 is 18.9 Å². The summed E-state index contributed by atoms with van der Waals surface area (Å²) in [5.74, 6) is 0.269. The second-order valence-corrected chi connectivity index (χ2v) is 9.20. The number of fused-ring (bicyclic) bond motifs is 1. The number of amides is 1. The minimum atomic E-state index is -0.617. The summed E-state index contributed by atoms with van der Waals surface area (Å²) >= 11 is 7.62. The Hall–Kier alpha value is -3.19. The van der Waals surface area contributed by atoms with Gasteiger partial charge in [-0.3, -0.25) is 24.7 Å². The van der Waals surface area contributed by atoms with Gasteiger partial charge in [-0.1, -0.05) is 22.9 Å². The summed E-state index contributed by atoms with van der Waals surface area (Å²) < 4.78 is 22.0. The summed E-state index contributed by atoms with van der Waals surface area (Å²) in [6, 6.07) is 5.91. The predicted molar refractivity (Wildman–Crippen MR) is 136 cm³/mol. The molecule has 1 amide bonds. The molecule has 13 heteroatoms. The average Bonchev–Trinajstić information content (AvgIpc) is 3.34. The number of halogens is 1. The van der Waals surface area contributed by atoms with E-state index < -0.39 is 16.5 Å². The van der Waals surface area contributed by atoms with Crippen molar-refractivity contribution < 1.29 is 28.7 Å². The minimum Gasteiger partial charge on any atom is -0.494 e. The fourth-order valence-electron chi connectivity index (χ4n) is 3.91. The largest absolute Gasteiger partial charge is 0.494 e. The molecule has 0 spiro atoms. The SMILES string of the molecule is COc1cc(C(=O)N(CCN2CCOCC2)c2nc3c(OC)ccc(Cl)c3s2)c([N+](=O)[O-])cc1OC. The van der Waals surface area contributed by atoms with Gasteiger partial charge in [-0.25, -0.2) is 4.98 Å². The maximum Gasteiger partial charge on any atom is 0.286 e. The van der Waals surface area contributed by atoms with E-state index >= 15 is 0 Å². The smallest absolute Gasteiger partial charge is 0.286 e. The van der Waals surface area contributed by atoms with Gasteiger partial charge in [-0.05, 0) is 12.1 Å². The van der Waals surface area contributed by atoms with Crippen molar-refractivity contribution in [3.63, 3.8) is 0 Å². The number of rotatable bonds is 9. The summed E-state index contributed by atoms with van der Waals surface area (Å²) in [6.07, 6.45) is 0. The molecule has 4 rings (SSSR count). The van der Waals surface area contributed by atoms with Crippen LogP contribution in [0.3, 0.4) is 0 Å². The van der Waals surface area contributed by atoms with Crippen molar-refractivity contribution >= 4 is 49.9 Å². The van der Waals surface area contributed by atoms with Crippen molar-refractivity contribution in [1.82, 2.24) is 9.88 Å². The zero-order valence-electron chi connectivity index (χ0n) is 20.0. The highest BCUT2D eigenvalue weighted by atomic mass is 35.5. The quantitative estimate of drug-likeness (QED) is 0.297. The molecular weight excluding hydrogens is 512 g/mol. The number of methoxy groups -OCH3 is 3. The van der Waals surface area contributed by atoms with Crippen LogP contribution in [0.15, 0.2) is 24.3 Å². The second-order valence-electron chi connectivity index (χ2n) is 7.82. The van der Waals surface area contributed by atoms with Crippen LogP contribution in [0.5, 0.6) is 17.2 Å². The molecule has 0 unspecified atom stereocenters. The molecule has 0 atom stereocenters. The van der Waals surface area contributed by atoms with E-state index in [-0.39, 0.29) is 23.6 Å². The number of thiazole rings is 1. The maximum absolute atomic E-state index is 13.9. The molecule has 1 fully saturated rings. The number of ether oxygens (including phenoxy) is 4. The Labute approximate surface area is 216 Å². The summed E-state index contributed by atoms with van der Waals surface area (Å²) in [5, 5.41) is 12.7. The highest BCUT2D eigenvalue weighted by molar-refractivity contribution is 7.23. The molecule has 1 aliphatic heterocycles. The van der Waals surface area contributed by atoms with Crippen LogP contribution in [-0.4, -0.2) is 81.4 Å². The van der Waals surface area contributed by atoms with E-state index in [1.807, 2.05) is 0 Å². The Bertz CT molecular complexity index is 1280. The Morgan fingerprint density at radius 2 is 1.83 bits per heavy atom. The molecule has 192 valence electrons. The maximum atomic E-state index is 13.9. The molecular formula is C23H25ClN4O7S. The molecule has 0 saturated carbocycles. The highest BCUT2D eigenvalue weighted by Crippen LogP contribution is 2.40. The number of hydrogen-bond acceptors (Lipinski definition) is 10. The number of morpholine rings is 1. The molecule has 1 aliphatic rings. The number of carbonyl (C=O) groups is 1. The van der Waals surface area contributed by atoms with Gasteiger partial charge >= 0.3 is 0 Å². The predicted octanol–water partition coefficient (Wildman–Crippen LogP) is 3.86. The van der Waals surface area contributed by atoms with Crippen molar-refractivity contribution in [3.05, 3.63) is 45.0 Å². The Morgan fingerprint density at radius 3 is 2.47 bits per heavy atom. The van der Waals surface area contributed by atoms with Crippen LogP contribution >= 0.6 is 22.9 Å². The number of nitro groups is 1. The first-order chi connectivity index (χ1) is 17.4. The van der Waals surface area contributed by atoms with E-state index in [0.29, 0.717) is 45.9 Å². The molecule has 0 N–H and O–H groups in total. The third-order valence-corrected chi connectivity index (χ3v) is 7.35. The van der Waals surface area contributed by atoms with E-state index in [1.54, 1.807) is 12.1 Å². The van der Waals surface area contributed by atoms with Gasteiger partial charge in [0.2, 0.25) is 0 Å². The molecule has 0 radical (unpaired) electrons. The lowest BCUT2D eigenvalue weighted by atomic mass is 10.1. The van der Waals surface area contributed by atoms with Gasteiger partial charge in [0.1, 0.15) is 16.8 Å². The van der Waals surface area contributed by atoms with Crippen LogP contribution < -0.4 is 19.1 Å². The standard InChI is InChI=1S/C23H25ClN4O7S/c1-32-17-5-4-15(24)21-20(17)25-23(36-21)27(7-6-26-8-10-35-11-9-26)22(29)14-12-18(33-2)19(34-3)13-16(14)28(30)31/h4-5,12-13H,6-11H2,1-3H3. The zero-order valence-corrected chi connectivity index (χ0v) is 21.6. The number of nitro benzene ring substituents is 1. The van der Waals surface area contributed by atoms with Crippen molar-refractivity contribution in [2.75, 3.05) is 65.6 Å². The Kier molecular flexibility index (Phi) is 8.09. The molecule has 2 aromatic carbocycles. The molecule has 0 bridgehead atoms. The number of carbonyl (C=O) groups excluding carboxylic acids is 1. The monoisotopic (exact) mass is 536 g/mol. The van der Waals surface area contributed by atoms with Crippen LogP contribution in [0.25, 0.3) is 10.2 Å². The van der Waals surface area contributed by atoms with Crippen molar-refractivity contribution in [1.29, 1.82) is 0 Å². The minimum absolute atomic E-state index is 0.142. The van der Waals surface area contributed by atoms with Gasteiger partial charge in [-0.2, -0.15) is 0 Å². The molecule has 11 nitrogen and oxygen atoms in total. The van der Waals surface area contributed by atoms with Crippen LogP contribution in [0.4, 0.5) is 10.8 Å². The normalized spacial score (nSPS) is 14.0. The van der Waals surface area contributed by atoms with E-state index in [4.69, 9.17) is 30.5 Å². The molecule has 2 heterocycles. The number of benzene rings is 2. The lowest BCUT2D eigenvalue weighted by Crippen LogP contribution is -2.43. The number of hydrogen-bond donors (Lipinski definition) is 0. The Morgan fingerprint density at radius 1 is 1.17 bits per heavy atom. The van der Waals surface area contributed by atoms with E-state index in [9.17, 15) is 14.9 Å². The molecule has 1 saturated heterocycles. The van der Waals surface area contributed by atoms with Gasteiger partial charge in [0.15, 0.2) is 16.6 Å². The lowest BCUT2D eigenvalue weighted by molar-refractivity contribution is -0.385. The molecule has 1 aromatic heterocycles. The first kappa shape index (κ1) is 25.9. The van der Waals surface area contributed by atoms with Crippen LogP contribution in [0, 0.1) is 10.1 Å². The fourth-order valence-corrected chi connectivity index (χ4v) is 5.19. The summed E-state index contributed by atoms with van der Waals surface area (Å²) in [4.78, 5) is 33.4. The van der Waals surface area contributed by atoms with Crippen LogP contribution in [-0.2, 0) is 4.74 Å². The van der Waals surface area contributed by atoms with Gasteiger partial charge in [0.05, 0.1) is 55.3 Å². The summed E-state index contributed by atoms with van der Waals surface area (Å²) in [6.45, 7) is 3.41. The van der Waals surface area contributed by atoms with Gasteiger partial charge in [0, 0.05) is 32.2 Å². The fraction of sp³-hybridized carbons (Fsp3) is 0.391. The molecule has 36 heavy (non-hydrogen) atoms. The third kappa shape index (κ3) is 5.16. The second kappa shape index (κ2) is 11.2. The third-order valence-electron chi connectivity index (χ3n) is 5.82. The Balaban J connectivity index is 1.80. The van der Waals surface area contributed by atoms with Crippen LogP contribution in [0.1, 0.15) is 10.4 Å². The van der Waals surface area contributed by atoms with Crippen molar-refractivity contribution in [3.8, 4) is 17.2 Å². The van der Waals surface area contributed by atoms with E-state index in [2.05, 4.69) is 9.88 Å². The summed E-state index contributed by atoms with van der Waals surface area (Å²) in [5.41, 5.74) is -0.0290. The average molecular weight is 537 g/mol. The molecule has 3 aromatic rings. The van der Waals surface area contributed by atoms with E-state index in [0.717, 1.165) is 13.1 Å². The number of nitrogens with zero attached hydrogens (tertiary/aromatic N) is 4. The molecule has 0 aliphatic carbocycles. The van der Waals surface area contributed by atoms with Gasteiger partial charge in [-0.15, -0.1) is 0 Å². The summed E-state index contributed by atoms with van der Waals surface area (Å²) in [7, 11) is 4.29. The number of aromatic nitrogens is 1. The zero-order chi connectivity index (χ0) is 25.8. The number of anilines is 1. The van der Waals surface area contributed by atoms with Gasteiger partial charge in [0.25, 0.3) is 11.6 Å². The van der Waals surface area contributed by atoms with E-state index in [1.165, 1.54) is 49.7 Å². The van der Waals surface area contributed by atoms with Crippen molar-refractivity contribution in [2.45, 2.75) is 0 Å². The van der Waals surface area contributed by atoms with Crippen LogP contribution in [0.2, 0.25) is 5.02 Å². The first-order valence-corrected chi connectivity index (χ1v) is 12.2. The first-order valence-electron chi connectivity index (χ1n) is 11.0. The lowest BCUT2D eigenvalue weighted by Gasteiger charge is -2.29.